The molecule has 0 aromatic heterocycles. The molecule has 0 saturated heterocycles. The van der Waals surface area contributed by atoms with E-state index in [2.05, 4.69) is 4.72 Å². The molecule has 1 saturated carbocycles. The SMILES string of the molecule is O=S(=O)(CC1CCCCC1)Nc1ccc(O)cc1F. The fourth-order valence-electron chi connectivity index (χ4n) is 2.46. The first-order valence-corrected chi connectivity index (χ1v) is 8.10. The van der Waals surface area contributed by atoms with Gasteiger partial charge in [0.25, 0.3) is 0 Å². The molecule has 19 heavy (non-hydrogen) atoms. The van der Waals surface area contributed by atoms with Crippen LogP contribution in [0.15, 0.2) is 18.2 Å². The van der Waals surface area contributed by atoms with Gasteiger partial charge in [-0.2, -0.15) is 0 Å². The number of hydrogen-bond acceptors (Lipinski definition) is 3. The zero-order chi connectivity index (χ0) is 13.9. The van der Waals surface area contributed by atoms with Crippen LogP contribution in [0.5, 0.6) is 5.75 Å². The van der Waals surface area contributed by atoms with Crippen molar-refractivity contribution in [2.75, 3.05) is 10.5 Å². The maximum Gasteiger partial charge on any atom is 0.233 e. The van der Waals surface area contributed by atoms with E-state index >= 15 is 0 Å². The zero-order valence-corrected chi connectivity index (χ0v) is 11.4. The van der Waals surface area contributed by atoms with Crippen LogP contribution in [0.4, 0.5) is 10.1 Å². The number of phenols is 1. The zero-order valence-electron chi connectivity index (χ0n) is 10.6. The van der Waals surface area contributed by atoms with Crippen LogP contribution in [0.25, 0.3) is 0 Å². The molecule has 0 amide bonds. The molecule has 6 heteroatoms. The van der Waals surface area contributed by atoms with Crippen molar-refractivity contribution in [3.8, 4) is 5.75 Å². The number of phenolic OH excluding ortho intramolecular Hbond substituents is 1. The van der Waals surface area contributed by atoms with Crippen molar-refractivity contribution in [3.05, 3.63) is 24.0 Å². The molecule has 0 atom stereocenters. The summed E-state index contributed by atoms with van der Waals surface area (Å²) in [6.45, 7) is 0. The maximum atomic E-state index is 13.5. The largest absolute Gasteiger partial charge is 0.508 e. The molecule has 1 fully saturated rings. The van der Waals surface area contributed by atoms with E-state index in [9.17, 15) is 12.8 Å². The first-order valence-electron chi connectivity index (χ1n) is 6.45. The monoisotopic (exact) mass is 287 g/mol. The third-order valence-electron chi connectivity index (χ3n) is 3.40. The number of halogens is 1. The second-order valence-corrected chi connectivity index (χ2v) is 6.82. The van der Waals surface area contributed by atoms with E-state index in [1.807, 2.05) is 0 Å². The predicted molar refractivity (Wildman–Crippen MR) is 72.0 cm³/mol. The molecule has 106 valence electrons. The fraction of sp³-hybridized carbons (Fsp3) is 0.538. The van der Waals surface area contributed by atoms with Crippen molar-refractivity contribution >= 4 is 15.7 Å². The van der Waals surface area contributed by atoms with Gasteiger partial charge < -0.3 is 5.11 Å². The lowest BCUT2D eigenvalue weighted by Crippen LogP contribution is -2.24. The molecular weight excluding hydrogens is 269 g/mol. The lowest BCUT2D eigenvalue weighted by molar-refractivity contribution is 0.385. The van der Waals surface area contributed by atoms with E-state index in [1.165, 1.54) is 12.1 Å². The molecule has 0 aliphatic heterocycles. The van der Waals surface area contributed by atoms with Crippen LogP contribution in [0.3, 0.4) is 0 Å². The van der Waals surface area contributed by atoms with Crippen molar-refractivity contribution in [3.63, 3.8) is 0 Å². The quantitative estimate of drug-likeness (QED) is 0.837. The molecule has 0 bridgehead atoms. The van der Waals surface area contributed by atoms with Gasteiger partial charge in [0.05, 0.1) is 11.4 Å². The van der Waals surface area contributed by atoms with E-state index in [-0.39, 0.29) is 23.1 Å². The number of hydrogen-bond donors (Lipinski definition) is 2. The van der Waals surface area contributed by atoms with E-state index in [4.69, 9.17) is 5.11 Å². The Bertz CT molecular complexity index is 539. The summed E-state index contributed by atoms with van der Waals surface area (Å²) in [5.41, 5.74) is -0.117. The number of nitrogens with one attached hydrogen (secondary N) is 1. The van der Waals surface area contributed by atoms with Gasteiger partial charge in [-0.1, -0.05) is 19.3 Å². The van der Waals surface area contributed by atoms with Gasteiger partial charge >= 0.3 is 0 Å². The molecule has 0 radical (unpaired) electrons. The summed E-state index contributed by atoms with van der Waals surface area (Å²) in [5, 5.41) is 9.08. The van der Waals surface area contributed by atoms with Crippen molar-refractivity contribution in [2.45, 2.75) is 32.1 Å². The minimum absolute atomic E-state index is 0.0350. The molecule has 0 unspecified atom stereocenters. The molecule has 4 nitrogen and oxygen atoms in total. The molecule has 2 N–H and O–H groups in total. The second kappa shape index (κ2) is 5.77. The Labute approximate surface area is 112 Å². The van der Waals surface area contributed by atoms with Gasteiger partial charge in [-0.15, -0.1) is 0 Å². The molecule has 1 aliphatic carbocycles. The van der Waals surface area contributed by atoms with Crippen molar-refractivity contribution < 1.29 is 17.9 Å². The summed E-state index contributed by atoms with van der Waals surface area (Å²) < 4.78 is 39.6. The Balaban J connectivity index is 2.03. The van der Waals surface area contributed by atoms with Crippen LogP contribution in [0.2, 0.25) is 0 Å². The van der Waals surface area contributed by atoms with Gasteiger partial charge in [-0.05, 0) is 30.9 Å². The molecular formula is C13H18FNO3S. The summed E-state index contributed by atoms with van der Waals surface area (Å²) in [7, 11) is -3.54. The Morgan fingerprint density at radius 2 is 1.95 bits per heavy atom. The molecule has 2 rings (SSSR count). The van der Waals surface area contributed by atoms with Crippen LogP contribution >= 0.6 is 0 Å². The van der Waals surface area contributed by atoms with Gasteiger partial charge in [-0.25, -0.2) is 12.8 Å². The molecule has 0 spiro atoms. The summed E-state index contributed by atoms with van der Waals surface area (Å²) in [6, 6.07) is 3.36. The van der Waals surface area contributed by atoms with Gasteiger partial charge in [0.2, 0.25) is 10.0 Å². The van der Waals surface area contributed by atoms with Crippen LogP contribution in [-0.2, 0) is 10.0 Å². The number of rotatable bonds is 4. The first kappa shape index (κ1) is 14.1. The average molecular weight is 287 g/mol. The Kier molecular flexibility index (Phi) is 4.29. The van der Waals surface area contributed by atoms with Gasteiger partial charge in [0, 0.05) is 6.07 Å². The summed E-state index contributed by atoms with van der Waals surface area (Å²) in [6.07, 6.45) is 5.12. The van der Waals surface area contributed by atoms with Gasteiger partial charge in [0.1, 0.15) is 5.75 Å². The fourth-order valence-corrected chi connectivity index (χ4v) is 4.00. The number of benzene rings is 1. The molecule has 0 heterocycles. The maximum absolute atomic E-state index is 13.5. The Hall–Kier alpha value is -1.30. The second-order valence-electron chi connectivity index (χ2n) is 5.05. The molecule has 1 aromatic rings. The van der Waals surface area contributed by atoms with E-state index in [0.717, 1.165) is 38.2 Å². The smallest absolute Gasteiger partial charge is 0.233 e. The molecule has 1 aliphatic rings. The van der Waals surface area contributed by atoms with Crippen LogP contribution < -0.4 is 4.72 Å². The van der Waals surface area contributed by atoms with Gasteiger partial charge in [-0.3, -0.25) is 4.72 Å². The number of sulfonamides is 1. The summed E-state index contributed by atoms with van der Waals surface area (Å²) in [4.78, 5) is 0. The number of aromatic hydroxyl groups is 1. The Morgan fingerprint density at radius 1 is 1.26 bits per heavy atom. The third kappa shape index (κ3) is 4.09. The third-order valence-corrected chi connectivity index (χ3v) is 4.84. The minimum atomic E-state index is -3.54. The standard InChI is InChI=1S/C13H18FNO3S/c14-12-8-11(16)6-7-13(12)15-19(17,18)9-10-4-2-1-3-5-10/h6-8,10,15-16H,1-5,9H2. The normalized spacial score (nSPS) is 17.3. The minimum Gasteiger partial charge on any atom is -0.508 e. The topological polar surface area (TPSA) is 66.4 Å². The Morgan fingerprint density at radius 3 is 2.58 bits per heavy atom. The van der Waals surface area contributed by atoms with E-state index in [0.29, 0.717) is 0 Å². The lowest BCUT2D eigenvalue weighted by atomic mass is 9.91. The van der Waals surface area contributed by atoms with Crippen molar-refractivity contribution in [1.29, 1.82) is 0 Å². The number of anilines is 1. The summed E-state index contributed by atoms with van der Waals surface area (Å²) in [5.74, 6) is -0.806. The highest BCUT2D eigenvalue weighted by Gasteiger charge is 2.22. The first-order chi connectivity index (χ1) is 8.96. The highest BCUT2D eigenvalue weighted by molar-refractivity contribution is 7.92. The predicted octanol–water partition coefficient (Wildman–Crippen LogP) is 2.85. The van der Waals surface area contributed by atoms with E-state index in [1.54, 1.807) is 0 Å². The summed E-state index contributed by atoms with van der Waals surface area (Å²) >= 11 is 0. The van der Waals surface area contributed by atoms with Crippen molar-refractivity contribution in [2.24, 2.45) is 5.92 Å². The highest BCUT2D eigenvalue weighted by atomic mass is 32.2. The highest BCUT2D eigenvalue weighted by Crippen LogP contribution is 2.26. The van der Waals surface area contributed by atoms with Crippen LogP contribution in [-0.4, -0.2) is 19.3 Å². The molecule has 1 aromatic carbocycles. The van der Waals surface area contributed by atoms with Gasteiger partial charge in [0.15, 0.2) is 5.82 Å². The van der Waals surface area contributed by atoms with E-state index < -0.39 is 15.8 Å². The lowest BCUT2D eigenvalue weighted by Gasteiger charge is -2.21. The van der Waals surface area contributed by atoms with Crippen LogP contribution in [0, 0.1) is 11.7 Å². The van der Waals surface area contributed by atoms with Crippen LogP contribution in [0.1, 0.15) is 32.1 Å². The van der Waals surface area contributed by atoms with Crippen molar-refractivity contribution in [1.82, 2.24) is 0 Å². The average Bonchev–Trinajstić information content (AvgIpc) is 2.33.